The largest absolute Gasteiger partial charge is 0.394 e. The Morgan fingerprint density at radius 1 is 1.28 bits per heavy atom. The molecule has 0 aliphatic carbocycles. The number of nitrogens with zero attached hydrogens (tertiary/aromatic N) is 4. The second kappa shape index (κ2) is 9.16. The van der Waals surface area contributed by atoms with Crippen LogP contribution >= 0.6 is 11.6 Å². The average Bonchev–Trinajstić information content (AvgIpc) is 3.38. The van der Waals surface area contributed by atoms with Crippen LogP contribution in [0, 0.1) is 5.82 Å². The summed E-state index contributed by atoms with van der Waals surface area (Å²) in [6.45, 7) is 6.86. The monoisotopic (exact) mass is 521 g/mol. The van der Waals surface area contributed by atoms with Crippen molar-refractivity contribution in [1.82, 2.24) is 19.5 Å². The van der Waals surface area contributed by atoms with E-state index < -0.39 is 36.0 Å². The Hall–Kier alpha value is -2.41. The van der Waals surface area contributed by atoms with Crippen LogP contribution in [0.2, 0.25) is 5.02 Å². The van der Waals surface area contributed by atoms with Gasteiger partial charge in [0.1, 0.15) is 29.2 Å². The van der Waals surface area contributed by atoms with Crippen molar-refractivity contribution >= 4 is 28.6 Å². The molecule has 2 fully saturated rings. The number of ether oxygens (including phenoxy) is 2. The Morgan fingerprint density at radius 3 is 2.69 bits per heavy atom. The maximum absolute atomic E-state index is 15.3. The van der Waals surface area contributed by atoms with Crippen LogP contribution < -0.4 is 5.32 Å². The van der Waals surface area contributed by atoms with Gasteiger partial charge in [0.05, 0.1) is 41.2 Å². The van der Waals surface area contributed by atoms with Crippen LogP contribution in [0.15, 0.2) is 18.3 Å². The smallest absolute Gasteiger partial charge is 0.223 e. The van der Waals surface area contributed by atoms with E-state index in [1.807, 2.05) is 13.8 Å². The van der Waals surface area contributed by atoms with Crippen molar-refractivity contribution in [3.63, 3.8) is 0 Å². The van der Waals surface area contributed by atoms with Crippen LogP contribution in [0.5, 0.6) is 0 Å². The number of aromatic nitrogens is 4. The molecule has 1 aromatic carbocycles. The molecule has 2 aromatic heterocycles. The fourth-order valence-electron chi connectivity index (χ4n) is 4.85. The lowest BCUT2D eigenvalue weighted by Gasteiger charge is -2.32. The van der Waals surface area contributed by atoms with Gasteiger partial charge in [0.15, 0.2) is 12.1 Å². The minimum atomic E-state index is -1.28. The van der Waals surface area contributed by atoms with E-state index in [-0.39, 0.29) is 35.2 Å². The molecule has 2 saturated heterocycles. The summed E-state index contributed by atoms with van der Waals surface area (Å²) in [5.41, 5.74) is 0.0841. The Balaban J connectivity index is 1.52. The highest BCUT2D eigenvalue weighted by atomic mass is 35.5. The molecule has 10 nitrogen and oxygen atoms in total. The highest BCUT2D eigenvalue weighted by Gasteiger charge is 2.48. The number of rotatable bonds is 6. The summed E-state index contributed by atoms with van der Waals surface area (Å²) in [4.78, 5) is 13.1. The van der Waals surface area contributed by atoms with E-state index in [0.29, 0.717) is 29.0 Å². The maximum Gasteiger partial charge on any atom is 0.223 e. The first kappa shape index (κ1) is 25.2. The Morgan fingerprint density at radius 2 is 2.03 bits per heavy atom. The second-order valence-electron chi connectivity index (χ2n) is 10.1. The molecule has 0 unspecified atom stereocenters. The molecular weight excluding hydrogens is 493 g/mol. The first-order valence-corrected chi connectivity index (χ1v) is 12.2. The lowest BCUT2D eigenvalue weighted by molar-refractivity contribution is -0.161. The standard InChI is InChI=1S/C24H29ClFN5O5/c1-10(2)31-15-6-11(5-13(26)19(15)29-22(31)24(3,4)34)18-12(25)8-27-23(30-18)28-14-7-16-17(9-32)36-21(35-16)20(14)33/h5-6,8,10,14,16-17,20-21,32-34H,7,9H2,1-4H3,(H,27,28,30)/t14-,16+,17-,20+,21+/m1/s1. The fraction of sp³-hybridized carbons (Fsp3) is 0.542. The van der Waals surface area contributed by atoms with Gasteiger partial charge < -0.3 is 34.7 Å². The molecule has 2 aliphatic rings. The van der Waals surface area contributed by atoms with Gasteiger partial charge in [0.25, 0.3) is 0 Å². The Bertz CT molecular complexity index is 1300. The third-order valence-corrected chi connectivity index (χ3v) is 6.81. The molecule has 4 N–H and O–H groups in total. The SMILES string of the molecule is CC(C)n1c(C(C)(C)O)nc2c(F)cc(-c3nc(N[C@@H]4C[C@@H]5O[C@@H](O[C@@H]5CO)[C@H]4O)ncc3Cl)cc21. The number of anilines is 1. The number of hydrogen-bond donors (Lipinski definition) is 4. The zero-order valence-corrected chi connectivity index (χ0v) is 21.1. The number of aliphatic hydroxyl groups excluding tert-OH is 2. The summed E-state index contributed by atoms with van der Waals surface area (Å²) in [5.74, 6) is -0.0261. The van der Waals surface area contributed by atoms with Crippen molar-refractivity contribution in [2.45, 2.75) is 76.4 Å². The van der Waals surface area contributed by atoms with E-state index in [0.717, 1.165) is 0 Å². The molecule has 2 aliphatic heterocycles. The summed E-state index contributed by atoms with van der Waals surface area (Å²) in [5, 5.41) is 34.0. The van der Waals surface area contributed by atoms with Gasteiger partial charge in [-0.3, -0.25) is 0 Å². The molecule has 4 heterocycles. The van der Waals surface area contributed by atoms with Crippen LogP contribution in [0.25, 0.3) is 22.3 Å². The Kier molecular flexibility index (Phi) is 6.42. The van der Waals surface area contributed by atoms with Gasteiger partial charge in [0.2, 0.25) is 5.95 Å². The molecule has 0 spiro atoms. The van der Waals surface area contributed by atoms with Crippen LogP contribution in [0.3, 0.4) is 0 Å². The van der Waals surface area contributed by atoms with Gasteiger partial charge in [-0.15, -0.1) is 0 Å². The minimum absolute atomic E-state index is 0.0977. The van der Waals surface area contributed by atoms with Crippen molar-refractivity contribution in [2.24, 2.45) is 0 Å². The van der Waals surface area contributed by atoms with Crippen LogP contribution in [0.1, 0.15) is 46.0 Å². The quantitative estimate of drug-likeness (QED) is 0.386. The van der Waals surface area contributed by atoms with Gasteiger partial charge >= 0.3 is 0 Å². The molecular formula is C24H29ClFN5O5. The topological polar surface area (TPSA) is 135 Å². The second-order valence-corrected chi connectivity index (χ2v) is 10.5. The molecule has 5 atom stereocenters. The number of halogens is 2. The zero-order chi connectivity index (χ0) is 25.9. The van der Waals surface area contributed by atoms with E-state index >= 15 is 4.39 Å². The minimum Gasteiger partial charge on any atom is -0.394 e. The van der Waals surface area contributed by atoms with Crippen LogP contribution in [-0.4, -0.2) is 72.1 Å². The third-order valence-electron chi connectivity index (χ3n) is 6.53. The first-order chi connectivity index (χ1) is 17.0. The van der Waals surface area contributed by atoms with Crippen molar-refractivity contribution in [3.05, 3.63) is 35.0 Å². The van der Waals surface area contributed by atoms with Crippen molar-refractivity contribution in [3.8, 4) is 11.3 Å². The highest BCUT2D eigenvalue weighted by Crippen LogP contribution is 2.36. The van der Waals surface area contributed by atoms with Crippen LogP contribution in [-0.2, 0) is 15.1 Å². The number of fused-ring (bicyclic) bond motifs is 3. The van der Waals surface area contributed by atoms with E-state index in [1.165, 1.54) is 12.3 Å². The fourth-order valence-corrected chi connectivity index (χ4v) is 5.05. The van der Waals surface area contributed by atoms with Gasteiger partial charge in [0, 0.05) is 11.6 Å². The summed E-state index contributed by atoms with van der Waals surface area (Å²) in [6, 6.07) is 2.45. The molecule has 3 aromatic rings. The highest BCUT2D eigenvalue weighted by molar-refractivity contribution is 6.33. The molecule has 0 radical (unpaired) electrons. The van der Waals surface area contributed by atoms with Gasteiger partial charge in [-0.05, 0) is 46.2 Å². The Labute approximate surface area is 212 Å². The van der Waals surface area contributed by atoms with E-state index in [1.54, 1.807) is 24.5 Å². The molecule has 5 rings (SSSR count). The predicted molar refractivity (Wildman–Crippen MR) is 130 cm³/mol. The number of benzene rings is 1. The number of imidazole rings is 1. The summed E-state index contributed by atoms with van der Waals surface area (Å²) in [7, 11) is 0. The predicted octanol–water partition coefficient (Wildman–Crippen LogP) is 2.74. The first-order valence-electron chi connectivity index (χ1n) is 11.8. The van der Waals surface area contributed by atoms with E-state index in [2.05, 4.69) is 20.3 Å². The molecule has 36 heavy (non-hydrogen) atoms. The van der Waals surface area contributed by atoms with E-state index in [4.69, 9.17) is 21.1 Å². The molecule has 2 bridgehead atoms. The molecule has 0 saturated carbocycles. The lowest BCUT2D eigenvalue weighted by atomic mass is 9.99. The third kappa shape index (κ3) is 4.33. The maximum atomic E-state index is 15.3. The van der Waals surface area contributed by atoms with Crippen molar-refractivity contribution in [2.75, 3.05) is 11.9 Å². The summed E-state index contributed by atoms with van der Waals surface area (Å²) >= 11 is 6.43. The van der Waals surface area contributed by atoms with E-state index in [9.17, 15) is 15.3 Å². The van der Waals surface area contributed by atoms with Gasteiger partial charge in [-0.2, -0.15) is 0 Å². The molecule has 194 valence electrons. The summed E-state index contributed by atoms with van der Waals surface area (Å²) in [6.07, 6.45) is -0.960. The number of hydrogen-bond acceptors (Lipinski definition) is 9. The van der Waals surface area contributed by atoms with Crippen molar-refractivity contribution < 1.29 is 29.2 Å². The van der Waals surface area contributed by atoms with Gasteiger partial charge in [-0.25, -0.2) is 19.3 Å². The zero-order valence-electron chi connectivity index (χ0n) is 20.3. The number of nitrogens with one attached hydrogen (secondary N) is 1. The van der Waals surface area contributed by atoms with Crippen molar-refractivity contribution in [1.29, 1.82) is 0 Å². The molecule has 12 heteroatoms. The number of aliphatic hydroxyl groups is 3. The summed E-state index contributed by atoms with van der Waals surface area (Å²) < 4.78 is 28.2. The van der Waals surface area contributed by atoms with Crippen LogP contribution in [0.4, 0.5) is 10.3 Å². The lowest BCUT2D eigenvalue weighted by Crippen LogP contribution is -2.48. The van der Waals surface area contributed by atoms with Gasteiger partial charge in [-0.1, -0.05) is 11.6 Å². The average molecular weight is 522 g/mol. The molecule has 0 amide bonds. The normalized spacial score (nSPS) is 26.2.